The van der Waals surface area contributed by atoms with E-state index in [1.54, 1.807) is 0 Å². The summed E-state index contributed by atoms with van der Waals surface area (Å²) in [6.07, 6.45) is 22.8. The fraction of sp³-hybridized carbons (Fsp3) is 0.756. The molecule has 1 aliphatic carbocycles. The van der Waals surface area contributed by atoms with Gasteiger partial charge in [-0.05, 0) is 140 Å². The second-order valence-electron chi connectivity index (χ2n) is 19.0. The van der Waals surface area contributed by atoms with Gasteiger partial charge in [-0.1, -0.05) is 88.5 Å². The summed E-state index contributed by atoms with van der Waals surface area (Å²) in [7, 11) is 0. The van der Waals surface area contributed by atoms with E-state index >= 15 is 0 Å². The molecule has 0 aromatic heterocycles. The molecule has 51 heavy (non-hydrogen) atoms. The van der Waals surface area contributed by atoms with Crippen molar-refractivity contribution in [3.05, 3.63) is 48.6 Å². The summed E-state index contributed by atoms with van der Waals surface area (Å²) in [5, 5.41) is 9.23. The number of nitrogens with one attached hydrogen (secondary N) is 3. The van der Waals surface area contributed by atoms with Crippen LogP contribution in [-0.2, 0) is 14.4 Å². The predicted molar refractivity (Wildman–Crippen MR) is 223 cm³/mol. The van der Waals surface area contributed by atoms with Crippen molar-refractivity contribution in [2.45, 2.75) is 192 Å². The quantitative estimate of drug-likeness (QED) is 0.157. The van der Waals surface area contributed by atoms with E-state index < -0.39 is 0 Å². The fourth-order valence-electron chi connectivity index (χ4n) is 6.00. The van der Waals surface area contributed by atoms with E-state index in [2.05, 4.69) is 55.5 Å². The Hall–Kier alpha value is -2.63. The largest absolute Gasteiger partial charge is 0.351 e. The average molecular weight is 714 g/mol. The van der Waals surface area contributed by atoms with Crippen LogP contribution in [0, 0.1) is 29.1 Å². The molecule has 1 rings (SSSR count). The van der Waals surface area contributed by atoms with E-state index in [1.807, 2.05) is 114 Å². The molecule has 6 heteroatoms. The molecule has 3 atom stereocenters. The Morgan fingerprint density at radius 3 is 1.27 bits per heavy atom. The third kappa shape index (κ3) is 30.7. The van der Waals surface area contributed by atoms with Gasteiger partial charge in [-0.15, -0.1) is 6.58 Å². The van der Waals surface area contributed by atoms with Crippen LogP contribution in [0.1, 0.15) is 175 Å². The Bertz CT molecular complexity index is 1100. The first-order valence-corrected chi connectivity index (χ1v) is 19.7. The van der Waals surface area contributed by atoms with Crippen molar-refractivity contribution in [2.75, 3.05) is 0 Å². The maximum absolute atomic E-state index is 12.3. The van der Waals surface area contributed by atoms with Crippen LogP contribution in [0.5, 0.6) is 0 Å². The van der Waals surface area contributed by atoms with Crippen molar-refractivity contribution >= 4 is 17.7 Å². The molecule has 0 aromatic carbocycles. The molecule has 1 saturated carbocycles. The third-order valence-corrected chi connectivity index (χ3v) is 8.12. The van der Waals surface area contributed by atoms with Gasteiger partial charge in [-0.25, -0.2) is 0 Å². The molecule has 0 bridgehead atoms. The van der Waals surface area contributed by atoms with Crippen LogP contribution in [0.3, 0.4) is 0 Å². The molecule has 3 N–H and O–H groups in total. The van der Waals surface area contributed by atoms with E-state index in [0.29, 0.717) is 0 Å². The molecule has 3 unspecified atom stereocenters. The van der Waals surface area contributed by atoms with Gasteiger partial charge in [-0.3, -0.25) is 14.4 Å². The SMILES string of the molecule is C/C=C/CC(CC(C)(C)C)C(=O)NC(C)(C)C.C/C=C/CC(CC1CCCC1)C(=O)NC(C)(C)C.C=C(C)CC(C/C=C/C)C(=O)NC(C)(C)C. The maximum atomic E-state index is 12.3. The van der Waals surface area contributed by atoms with Gasteiger partial charge in [0.2, 0.25) is 17.7 Å². The van der Waals surface area contributed by atoms with Gasteiger partial charge in [0.15, 0.2) is 0 Å². The lowest BCUT2D eigenvalue weighted by atomic mass is 9.82. The predicted octanol–water partition coefficient (Wildman–Crippen LogP) is 11.4. The molecule has 1 fully saturated rings. The minimum absolute atomic E-state index is 0.00734. The molecule has 3 amide bonds. The zero-order valence-corrected chi connectivity index (χ0v) is 36.3. The monoisotopic (exact) mass is 714 g/mol. The lowest BCUT2D eigenvalue weighted by Gasteiger charge is -2.28. The van der Waals surface area contributed by atoms with Crippen molar-refractivity contribution in [1.82, 2.24) is 16.0 Å². The summed E-state index contributed by atoms with van der Waals surface area (Å²) in [5.41, 5.74) is 0.796. The Kier molecular flexibility index (Phi) is 24.3. The fourth-order valence-corrected chi connectivity index (χ4v) is 6.00. The number of hydrogen-bond donors (Lipinski definition) is 3. The summed E-state index contributed by atoms with van der Waals surface area (Å²) >= 11 is 0. The summed E-state index contributed by atoms with van der Waals surface area (Å²) in [6.45, 7) is 36.6. The summed E-state index contributed by atoms with van der Waals surface area (Å²) in [6, 6.07) is 0. The topological polar surface area (TPSA) is 87.3 Å². The standard InChI is InChI=1S/C16H29NO.C15H29NO.C14H25NO/c1-5-6-11-14(12-13-9-7-8-10-13)15(18)17-16(2,3)4;1-8-9-10-12(11-14(2,3)4)13(17)16-15(5,6)7;1-7-8-9-12(10-11(2)3)13(16)15-14(4,5)6/h5-6,13-14H,7-12H2,1-4H3,(H,17,18);8-9,12H,10-11H2,1-7H3,(H,16,17);7-8,12H,2,9-10H2,1,3-6H3,(H,15,16)/b6-5+;9-8+;8-7+. The first kappa shape index (κ1) is 50.5. The highest BCUT2D eigenvalue weighted by molar-refractivity contribution is 5.80. The maximum Gasteiger partial charge on any atom is 0.224 e. The highest BCUT2D eigenvalue weighted by Gasteiger charge is 2.28. The minimum atomic E-state index is -0.166. The molecule has 296 valence electrons. The highest BCUT2D eigenvalue weighted by Crippen LogP contribution is 2.32. The first-order chi connectivity index (χ1) is 23.2. The smallest absolute Gasteiger partial charge is 0.224 e. The molecule has 0 spiro atoms. The average Bonchev–Trinajstić information content (AvgIpc) is 3.46. The third-order valence-electron chi connectivity index (χ3n) is 8.12. The minimum Gasteiger partial charge on any atom is -0.351 e. The number of allylic oxidation sites excluding steroid dienone is 7. The molecule has 1 aliphatic rings. The number of carbonyl (C=O) groups is 3. The van der Waals surface area contributed by atoms with Gasteiger partial charge in [0, 0.05) is 34.4 Å². The van der Waals surface area contributed by atoms with Crippen molar-refractivity contribution in [2.24, 2.45) is 29.1 Å². The van der Waals surface area contributed by atoms with Crippen LogP contribution >= 0.6 is 0 Å². The van der Waals surface area contributed by atoms with Crippen LogP contribution in [0.25, 0.3) is 0 Å². The normalized spacial score (nSPS) is 16.2. The zero-order chi connectivity index (χ0) is 40.1. The van der Waals surface area contributed by atoms with Crippen LogP contribution in [-0.4, -0.2) is 34.3 Å². The second kappa shape index (κ2) is 24.6. The molecular formula is C45H83N3O3. The van der Waals surface area contributed by atoms with E-state index in [9.17, 15) is 14.4 Å². The van der Waals surface area contributed by atoms with Crippen LogP contribution < -0.4 is 16.0 Å². The second-order valence-corrected chi connectivity index (χ2v) is 19.0. The molecular weight excluding hydrogens is 631 g/mol. The van der Waals surface area contributed by atoms with Gasteiger partial charge in [0.1, 0.15) is 0 Å². The molecule has 0 aliphatic heterocycles. The lowest BCUT2D eigenvalue weighted by Crippen LogP contribution is -2.44. The number of rotatable bonds is 14. The molecule has 6 nitrogen and oxygen atoms in total. The Labute approximate surface area is 316 Å². The van der Waals surface area contributed by atoms with E-state index in [0.717, 1.165) is 50.0 Å². The van der Waals surface area contributed by atoms with Crippen LogP contribution in [0.15, 0.2) is 48.6 Å². The van der Waals surface area contributed by atoms with Crippen LogP contribution in [0.2, 0.25) is 0 Å². The van der Waals surface area contributed by atoms with Gasteiger partial charge in [0.25, 0.3) is 0 Å². The van der Waals surface area contributed by atoms with E-state index in [1.165, 1.54) is 25.7 Å². The van der Waals surface area contributed by atoms with Crippen molar-refractivity contribution in [1.29, 1.82) is 0 Å². The first-order valence-electron chi connectivity index (χ1n) is 19.7. The molecule has 0 aromatic rings. The van der Waals surface area contributed by atoms with Crippen molar-refractivity contribution in [3.63, 3.8) is 0 Å². The molecule has 0 radical (unpaired) electrons. The van der Waals surface area contributed by atoms with E-state index in [-0.39, 0.29) is 57.5 Å². The van der Waals surface area contributed by atoms with Crippen molar-refractivity contribution < 1.29 is 14.4 Å². The number of hydrogen-bond acceptors (Lipinski definition) is 3. The summed E-state index contributed by atoms with van der Waals surface area (Å²) < 4.78 is 0. The van der Waals surface area contributed by atoms with Gasteiger partial charge < -0.3 is 16.0 Å². The molecule has 0 saturated heterocycles. The molecule has 0 heterocycles. The Balaban J connectivity index is 0. The van der Waals surface area contributed by atoms with Crippen molar-refractivity contribution in [3.8, 4) is 0 Å². The zero-order valence-electron chi connectivity index (χ0n) is 36.3. The number of carbonyl (C=O) groups excluding carboxylic acids is 3. The van der Waals surface area contributed by atoms with E-state index in [4.69, 9.17) is 0 Å². The van der Waals surface area contributed by atoms with Crippen LogP contribution in [0.4, 0.5) is 0 Å². The van der Waals surface area contributed by atoms with Gasteiger partial charge in [0.05, 0.1) is 0 Å². The Morgan fingerprint density at radius 1 is 0.608 bits per heavy atom. The highest BCUT2D eigenvalue weighted by atomic mass is 16.2. The summed E-state index contributed by atoms with van der Waals surface area (Å²) in [5.74, 6) is 1.53. The Morgan fingerprint density at radius 2 is 0.941 bits per heavy atom. The lowest BCUT2D eigenvalue weighted by molar-refractivity contribution is -0.128. The van der Waals surface area contributed by atoms with Gasteiger partial charge >= 0.3 is 0 Å². The van der Waals surface area contributed by atoms with Gasteiger partial charge in [-0.2, -0.15) is 0 Å². The number of amides is 3. The summed E-state index contributed by atoms with van der Waals surface area (Å²) in [4.78, 5) is 36.5.